The maximum Gasteiger partial charge on any atom is 0.231 e. The lowest BCUT2D eigenvalue weighted by atomic mass is 10.1. The minimum absolute atomic E-state index is 0.0383. The van der Waals surface area contributed by atoms with Gasteiger partial charge in [-0.3, -0.25) is 9.59 Å². The lowest BCUT2D eigenvalue weighted by Crippen LogP contribution is -2.36. The van der Waals surface area contributed by atoms with E-state index in [1.165, 1.54) is 25.7 Å². The van der Waals surface area contributed by atoms with Crippen LogP contribution in [0.2, 0.25) is 0 Å². The van der Waals surface area contributed by atoms with Crippen LogP contribution in [0.25, 0.3) is 0 Å². The zero-order valence-corrected chi connectivity index (χ0v) is 15.0. The number of carbonyl (C=O) groups is 2. The molecule has 2 atom stereocenters. The van der Waals surface area contributed by atoms with Gasteiger partial charge in [-0.05, 0) is 37.0 Å². The van der Waals surface area contributed by atoms with Crippen LogP contribution in [0.15, 0.2) is 18.2 Å². The maximum absolute atomic E-state index is 12.4. The smallest absolute Gasteiger partial charge is 0.231 e. The number of hydrogen-bond acceptors (Lipinski definition) is 4. The Balaban J connectivity index is 1.23. The van der Waals surface area contributed by atoms with Crippen LogP contribution in [-0.2, 0) is 16.1 Å². The first-order valence-electron chi connectivity index (χ1n) is 9.67. The highest BCUT2D eigenvalue weighted by Crippen LogP contribution is 2.39. The van der Waals surface area contributed by atoms with E-state index in [0.717, 1.165) is 24.2 Å². The Labute approximate surface area is 153 Å². The predicted octanol–water partition coefficient (Wildman–Crippen LogP) is 2.51. The van der Waals surface area contributed by atoms with E-state index in [4.69, 9.17) is 9.47 Å². The van der Waals surface area contributed by atoms with Gasteiger partial charge in [0.1, 0.15) is 0 Å². The Morgan fingerprint density at radius 1 is 0.962 bits per heavy atom. The summed E-state index contributed by atoms with van der Waals surface area (Å²) in [4.78, 5) is 24.7. The first kappa shape index (κ1) is 17.2. The van der Waals surface area contributed by atoms with Crippen LogP contribution in [0.1, 0.15) is 50.5 Å². The Morgan fingerprint density at radius 2 is 1.69 bits per heavy atom. The van der Waals surface area contributed by atoms with Crippen LogP contribution in [0.4, 0.5) is 0 Å². The number of benzene rings is 1. The van der Waals surface area contributed by atoms with Crippen molar-refractivity contribution in [3.05, 3.63) is 23.8 Å². The van der Waals surface area contributed by atoms with Gasteiger partial charge in [-0.2, -0.15) is 0 Å². The molecule has 1 aromatic carbocycles. The van der Waals surface area contributed by atoms with E-state index in [1.807, 2.05) is 18.2 Å². The summed E-state index contributed by atoms with van der Waals surface area (Å²) in [7, 11) is 0. The van der Waals surface area contributed by atoms with Crippen LogP contribution in [0.3, 0.4) is 0 Å². The van der Waals surface area contributed by atoms with Gasteiger partial charge in [0.15, 0.2) is 11.5 Å². The van der Waals surface area contributed by atoms with E-state index in [-0.39, 0.29) is 30.4 Å². The van der Waals surface area contributed by atoms with Gasteiger partial charge in [-0.25, -0.2) is 0 Å². The molecule has 140 valence electrons. The summed E-state index contributed by atoms with van der Waals surface area (Å²) in [5.74, 6) is 1.12. The average Bonchev–Trinajstić information content (AvgIpc) is 3.38. The van der Waals surface area contributed by atoms with E-state index >= 15 is 0 Å². The molecule has 2 unspecified atom stereocenters. The Bertz CT molecular complexity index is 682. The maximum atomic E-state index is 12.4. The minimum Gasteiger partial charge on any atom is -0.454 e. The van der Waals surface area contributed by atoms with E-state index in [1.54, 1.807) is 0 Å². The Morgan fingerprint density at radius 3 is 2.50 bits per heavy atom. The zero-order chi connectivity index (χ0) is 17.9. The van der Waals surface area contributed by atoms with Gasteiger partial charge in [-0.15, -0.1) is 0 Å². The van der Waals surface area contributed by atoms with Crippen molar-refractivity contribution >= 4 is 11.8 Å². The molecular formula is C20H26N2O4. The standard InChI is InChI=1S/C20H26N2O4/c23-19(21-11-13-7-8-17-18(9-13)26-12-25-17)15-10-16(15)20(24)22-14-5-3-1-2-4-6-14/h7-9,14-16H,1-6,10-12H2,(H,21,23)(H,22,24). The highest BCUT2D eigenvalue weighted by atomic mass is 16.7. The molecule has 1 aromatic rings. The topological polar surface area (TPSA) is 76.7 Å². The molecule has 26 heavy (non-hydrogen) atoms. The summed E-state index contributed by atoms with van der Waals surface area (Å²) >= 11 is 0. The van der Waals surface area contributed by atoms with Crippen LogP contribution < -0.4 is 20.1 Å². The number of hydrogen-bond donors (Lipinski definition) is 2. The molecule has 2 fully saturated rings. The normalized spacial score (nSPS) is 24.6. The minimum atomic E-state index is -0.185. The van der Waals surface area contributed by atoms with Gasteiger partial charge >= 0.3 is 0 Å². The molecule has 0 saturated heterocycles. The number of ether oxygens (including phenoxy) is 2. The third-order valence-corrected chi connectivity index (χ3v) is 5.57. The summed E-state index contributed by atoms with van der Waals surface area (Å²) in [6.45, 7) is 0.675. The Hall–Kier alpha value is -2.24. The molecule has 2 aliphatic carbocycles. The Kier molecular flexibility index (Phi) is 5.00. The molecule has 0 spiro atoms. The summed E-state index contributed by atoms with van der Waals surface area (Å²) in [5.41, 5.74) is 0.961. The second-order valence-corrected chi connectivity index (χ2v) is 7.55. The predicted molar refractivity (Wildman–Crippen MR) is 95.6 cm³/mol. The van der Waals surface area contributed by atoms with Crippen molar-refractivity contribution in [3.8, 4) is 11.5 Å². The first-order valence-corrected chi connectivity index (χ1v) is 9.67. The average molecular weight is 358 g/mol. The van der Waals surface area contributed by atoms with Crippen LogP contribution in [0, 0.1) is 11.8 Å². The molecule has 2 saturated carbocycles. The highest BCUT2D eigenvalue weighted by molar-refractivity contribution is 5.92. The molecule has 0 radical (unpaired) electrons. The van der Waals surface area contributed by atoms with Crippen molar-refractivity contribution in [1.29, 1.82) is 0 Å². The van der Waals surface area contributed by atoms with Crippen molar-refractivity contribution in [2.24, 2.45) is 11.8 Å². The summed E-state index contributed by atoms with van der Waals surface area (Å²) in [6.07, 6.45) is 7.70. The molecule has 2 N–H and O–H groups in total. The number of fused-ring (bicyclic) bond motifs is 1. The molecule has 1 aliphatic heterocycles. The SMILES string of the molecule is O=C(NCc1ccc2c(c1)OCO2)C1CC1C(=O)NC1CCCCCC1. The first-order chi connectivity index (χ1) is 12.7. The lowest BCUT2D eigenvalue weighted by Gasteiger charge is -2.16. The van der Waals surface area contributed by atoms with Gasteiger partial charge in [0.2, 0.25) is 18.6 Å². The number of amides is 2. The largest absolute Gasteiger partial charge is 0.454 e. The van der Waals surface area contributed by atoms with Crippen molar-refractivity contribution in [2.75, 3.05) is 6.79 Å². The second-order valence-electron chi connectivity index (χ2n) is 7.55. The molecule has 3 aliphatic rings. The van der Waals surface area contributed by atoms with Gasteiger partial charge < -0.3 is 20.1 Å². The molecule has 2 amide bonds. The van der Waals surface area contributed by atoms with Crippen LogP contribution in [-0.4, -0.2) is 24.6 Å². The monoisotopic (exact) mass is 358 g/mol. The molecule has 1 heterocycles. The molecular weight excluding hydrogens is 332 g/mol. The van der Waals surface area contributed by atoms with Crippen LogP contribution in [0.5, 0.6) is 11.5 Å². The fraction of sp³-hybridized carbons (Fsp3) is 0.600. The zero-order valence-electron chi connectivity index (χ0n) is 15.0. The van der Waals surface area contributed by atoms with E-state index in [2.05, 4.69) is 10.6 Å². The third-order valence-electron chi connectivity index (χ3n) is 5.57. The molecule has 6 nitrogen and oxygen atoms in total. The number of carbonyl (C=O) groups excluding carboxylic acids is 2. The van der Waals surface area contributed by atoms with Crippen molar-refractivity contribution in [2.45, 2.75) is 57.5 Å². The van der Waals surface area contributed by atoms with Gasteiger partial charge in [-0.1, -0.05) is 31.7 Å². The summed E-state index contributed by atoms with van der Waals surface area (Å²) < 4.78 is 10.6. The molecule has 0 bridgehead atoms. The molecule has 0 aromatic heterocycles. The van der Waals surface area contributed by atoms with Crippen molar-refractivity contribution < 1.29 is 19.1 Å². The molecule has 6 heteroatoms. The summed E-state index contributed by atoms with van der Waals surface area (Å²) in [5, 5.41) is 6.09. The van der Waals surface area contributed by atoms with Gasteiger partial charge in [0, 0.05) is 12.6 Å². The van der Waals surface area contributed by atoms with Gasteiger partial charge in [0.05, 0.1) is 11.8 Å². The quantitative estimate of drug-likeness (QED) is 0.793. The molecule has 4 rings (SSSR count). The van der Waals surface area contributed by atoms with Crippen LogP contribution >= 0.6 is 0 Å². The highest BCUT2D eigenvalue weighted by Gasteiger charge is 2.48. The van der Waals surface area contributed by atoms with Crippen molar-refractivity contribution in [1.82, 2.24) is 10.6 Å². The third kappa shape index (κ3) is 3.94. The van der Waals surface area contributed by atoms with E-state index in [0.29, 0.717) is 24.8 Å². The van der Waals surface area contributed by atoms with Crippen molar-refractivity contribution in [3.63, 3.8) is 0 Å². The fourth-order valence-electron chi connectivity index (χ4n) is 3.88. The number of nitrogens with one attached hydrogen (secondary N) is 2. The van der Waals surface area contributed by atoms with E-state index < -0.39 is 0 Å². The fourth-order valence-corrected chi connectivity index (χ4v) is 3.88. The van der Waals surface area contributed by atoms with E-state index in [9.17, 15) is 9.59 Å². The summed E-state index contributed by atoms with van der Waals surface area (Å²) in [6, 6.07) is 5.94. The lowest BCUT2D eigenvalue weighted by molar-refractivity contribution is -0.127. The van der Waals surface area contributed by atoms with Gasteiger partial charge in [0.25, 0.3) is 0 Å². The second kappa shape index (κ2) is 7.56. The number of rotatable bonds is 5.